The molecule has 5 N–H and O–H groups in total. The van der Waals surface area contributed by atoms with Gasteiger partial charge in [-0.15, -0.1) is 0 Å². The highest BCUT2D eigenvalue weighted by atomic mass is 31.2. The van der Waals surface area contributed by atoms with E-state index in [1.54, 1.807) is 0 Å². The third-order valence-corrected chi connectivity index (χ3v) is 2.09. The molecule has 0 saturated heterocycles. The Balaban J connectivity index is 4.78. The first-order chi connectivity index (χ1) is 4.63. The summed E-state index contributed by atoms with van der Waals surface area (Å²) < 4.78 is 20.0. The molecule has 7 nitrogen and oxygen atoms in total. The molecule has 11 heavy (non-hydrogen) atoms. The van der Waals surface area contributed by atoms with Crippen molar-refractivity contribution in [1.82, 2.24) is 0 Å². The molecule has 0 saturated carbocycles. The minimum absolute atomic E-state index is 0.187. The summed E-state index contributed by atoms with van der Waals surface area (Å²) in [5.41, 5.74) is -1.62. The topological polar surface area (TPSA) is 135 Å². The van der Waals surface area contributed by atoms with Crippen LogP contribution in [-0.4, -0.2) is 24.7 Å². The normalized spacial score (nSPS) is 15.1. The van der Waals surface area contributed by atoms with Gasteiger partial charge in [-0.25, -0.2) is 0 Å². The zero-order chi connectivity index (χ0) is 9.28. The highest BCUT2D eigenvalue weighted by Crippen LogP contribution is 2.49. The summed E-state index contributed by atoms with van der Waals surface area (Å²) in [4.78, 5) is 32.4. The van der Waals surface area contributed by atoms with Crippen molar-refractivity contribution >= 4 is 15.2 Å². The van der Waals surface area contributed by atoms with E-state index in [4.69, 9.17) is 24.7 Å². The standard InChI is InChI=1S/C2H6O7P2/c3-2(11(7,8)9)1-10(4,5)6/h1,3H,(H2,4,5,6)(H2,7,8,9)/b2-1+. The van der Waals surface area contributed by atoms with E-state index < -0.39 is 20.7 Å². The Morgan fingerprint density at radius 1 is 1.09 bits per heavy atom. The molecule has 0 aromatic carbocycles. The van der Waals surface area contributed by atoms with E-state index in [1.165, 1.54) is 0 Å². The van der Waals surface area contributed by atoms with E-state index in [0.717, 1.165) is 0 Å². The molecular formula is C2H6O7P2. The molecule has 0 aliphatic rings. The zero-order valence-electron chi connectivity index (χ0n) is 5.02. The van der Waals surface area contributed by atoms with Gasteiger partial charge in [0.25, 0.3) is 0 Å². The Labute approximate surface area is 61.3 Å². The van der Waals surface area contributed by atoms with Crippen LogP contribution in [0.4, 0.5) is 0 Å². The van der Waals surface area contributed by atoms with E-state index in [1.807, 2.05) is 0 Å². The fourth-order valence-electron chi connectivity index (χ4n) is 0.226. The van der Waals surface area contributed by atoms with E-state index in [0.29, 0.717) is 0 Å². The quantitative estimate of drug-likeness (QED) is 0.307. The molecule has 0 aromatic rings. The smallest absolute Gasteiger partial charge is 0.390 e. The third kappa shape index (κ3) is 5.15. The van der Waals surface area contributed by atoms with E-state index in [2.05, 4.69) is 0 Å². The van der Waals surface area contributed by atoms with Gasteiger partial charge in [0.15, 0.2) is 0 Å². The van der Waals surface area contributed by atoms with Crippen LogP contribution in [-0.2, 0) is 9.13 Å². The Morgan fingerprint density at radius 2 is 1.45 bits per heavy atom. The number of aliphatic hydroxyl groups excluding tert-OH is 1. The van der Waals surface area contributed by atoms with Gasteiger partial charge < -0.3 is 24.7 Å². The van der Waals surface area contributed by atoms with Crippen LogP contribution in [0, 0.1) is 0 Å². The number of aliphatic hydroxyl groups is 1. The van der Waals surface area contributed by atoms with Crippen LogP contribution in [0.1, 0.15) is 0 Å². The number of rotatable bonds is 2. The number of hydrogen-bond donors (Lipinski definition) is 5. The fourth-order valence-corrected chi connectivity index (χ4v) is 1.58. The summed E-state index contributed by atoms with van der Waals surface area (Å²) in [6.45, 7) is 0. The van der Waals surface area contributed by atoms with Crippen LogP contribution < -0.4 is 0 Å². The summed E-state index contributed by atoms with van der Waals surface area (Å²) >= 11 is 0. The minimum Gasteiger partial charge on any atom is -0.501 e. The lowest BCUT2D eigenvalue weighted by atomic mass is 11.1. The van der Waals surface area contributed by atoms with E-state index in [-0.39, 0.29) is 5.82 Å². The van der Waals surface area contributed by atoms with Gasteiger partial charge in [-0.05, 0) is 0 Å². The average Bonchev–Trinajstić information content (AvgIpc) is 1.56. The highest BCUT2D eigenvalue weighted by molar-refractivity contribution is 7.59. The SMILES string of the molecule is O=P(O)(O)/C=C(\O)P(=O)(O)O. The van der Waals surface area contributed by atoms with Gasteiger partial charge in [0.05, 0.1) is 5.82 Å². The maximum atomic E-state index is 10.0. The molecule has 0 aromatic heterocycles. The lowest BCUT2D eigenvalue weighted by molar-refractivity contribution is 0.334. The lowest BCUT2D eigenvalue weighted by Crippen LogP contribution is -1.84. The zero-order valence-corrected chi connectivity index (χ0v) is 6.81. The van der Waals surface area contributed by atoms with Crippen molar-refractivity contribution in [3.8, 4) is 0 Å². The van der Waals surface area contributed by atoms with Crippen LogP contribution >= 0.6 is 15.2 Å². The molecule has 0 fully saturated rings. The van der Waals surface area contributed by atoms with Crippen molar-refractivity contribution in [1.29, 1.82) is 0 Å². The molecule has 0 heterocycles. The molecule has 0 radical (unpaired) electrons. The Hall–Kier alpha value is -0.160. The maximum Gasteiger partial charge on any atom is 0.390 e. The molecule has 0 bridgehead atoms. The van der Waals surface area contributed by atoms with Gasteiger partial charge >= 0.3 is 15.2 Å². The summed E-state index contributed by atoms with van der Waals surface area (Å²) in [5.74, 6) is -0.187. The van der Waals surface area contributed by atoms with Gasteiger partial charge in [0.2, 0.25) is 5.50 Å². The van der Waals surface area contributed by atoms with Gasteiger partial charge in [-0.1, -0.05) is 0 Å². The molecular weight excluding hydrogens is 198 g/mol. The van der Waals surface area contributed by atoms with Crippen LogP contribution in [0.2, 0.25) is 0 Å². The molecule has 0 atom stereocenters. The minimum atomic E-state index is -4.93. The lowest BCUT2D eigenvalue weighted by Gasteiger charge is -2.01. The first-order valence-corrected chi connectivity index (χ1v) is 5.45. The maximum absolute atomic E-state index is 10.0. The van der Waals surface area contributed by atoms with Gasteiger partial charge in [0.1, 0.15) is 0 Å². The molecule has 0 aliphatic heterocycles. The van der Waals surface area contributed by atoms with Gasteiger partial charge in [-0.3, -0.25) is 9.13 Å². The predicted octanol–water partition coefficient (Wildman–Crippen LogP) is -0.301. The highest BCUT2D eigenvalue weighted by Gasteiger charge is 2.24. The third-order valence-electron chi connectivity index (χ3n) is 0.582. The second-order valence-corrected chi connectivity index (χ2v) is 4.60. The monoisotopic (exact) mass is 204 g/mol. The van der Waals surface area contributed by atoms with Crippen molar-refractivity contribution in [3.05, 3.63) is 11.3 Å². The first kappa shape index (κ1) is 10.8. The van der Waals surface area contributed by atoms with Crippen LogP contribution in [0.15, 0.2) is 11.3 Å². The summed E-state index contributed by atoms with van der Waals surface area (Å²) in [7, 11) is -9.65. The molecule has 0 amide bonds. The van der Waals surface area contributed by atoms with Crippen LogP contribution in [0.5, 0.6) is 0 Å². The van der Waals surface area contributed by atoms with Crippen LogP contribution in [0.25, 0.3) is 0 Å². The second kappa shape index (κ2) is 3.06. The molecule has 66 valence electrons. The number of hydrogen-bond acceptors (Lipinski definition) is 3. The van der Waals surface area contributed by atoms with E-state index >= 15 is 0 Å². The first-order valence-electron chi connectivity index (χ1n) is 2.16. The Bertz CT molecular complexity index is 254. The van der Waals surface area contributed by atoms with Crippen molar-refractivity contribution in [2.24, 2.45) is 0 Å². The Morgan fingerprint density at radius 3 is 1.55 bits per heavy atom. The average molecular weight is 204 g/mol. The van der Waals surface area contributed by atoms with E-state index in [9.17, 15) is 9.13 Å². The molecule has 9 heteroatoms. The fraction of sp³-hybridized carbons (Fsp3) is 0. The molecule has 0 rings (SSSR count). The summed E-state index contributed by atoms with van der Waals surface area (Å²) in [6, 6.07) is 0. The summed E-state index contributed by atoms with van der Waals surface area (Å²) in [6.07, 6.45) is 0. The van der Waals surface area contributed by atoms with Gasteiger partial charge in [0, 0.05) is 0 Å². The predicted molar refractivity (Wildman–Crippen MR) is 34.8 cm³/mol. The van der Waals surface area contributed by atoms with Crippen molar-refractivity contribution in [2.75, 3.05) is 0 Å². The van der Waals surface area contributed by atoms with Crippen molar-refractivity contribution < 1.29 is 33.8 Å². The Kier molecular flexibility index (Phi) is 3.02. The van der Waals surface area contributed by atoms with Gasteiger partial charge in [-0.2, -0.15) is 0 Å². The molecule has 0 spiro atoms. The largest absolute Gasteiger partial charge is 0.501 e. The molecule has 0 unspecified atom stereocenters. The second-order valence-electron chi connectivity index (χ2n) is 1.62. The van der Waals surface area contributed by atoms with Crippen molar-refractivity contribution in [3.63, 3.8) is 0 Å². The summed E-state index contributed by atoms with van der Waals surface area (Å²) in [5, 5.41) is 8.33. The molecule has 0 aliphatic carbocycles. The van der Waals surface area contributed by atoms with Crippen LogP contribution in [0.3, 0.4) is 0 Å². The van der Waals surface area contributed by atoms with Crippen molar-refractivity contribution in [2.45, 2.75) is 0 Å².